The first-order valence-corrected chi connectivity index (χ1v) is 7.75. The van der Waals surface area contributed by atoms with Crippen LogP contribution >= 0.6 is 35.0 Å². The van der Waals surface area contributed by atoms with Gasteiger partial charge in [-0.05, 0) is 32.0 Å². The highest BCUT2D eigenvalue weighted by atomic mass is 35.5. The molecule has 0 aliphatic carbocycles. The van der Waals surface area contributed by atoms with Gasteiger partial charge >= 0.3 is 6.09 Å². The Morgan fingerprint density at radius 3 is 2.55 bits per heavy atom. The smallest absolute Gasteiger partial charge is 0.412 e. The summed E-state index contributed by atoms with van der Waals surface area (Å²) in [4.78, 5) is 16.3. The summed E-state index contributed by atoms with van der Waals surface area (Å²) in [5.74, 6) is 0.924. The maximum Gasteiger partial charge on any atom is 0.412 e. The Morgan fingerprint density at radius 2 is 2.00 bits per heavy atom. The number of rotatable bonds is 3. The van der Waals surface area contributed by atoms with Crippen LogP contribution < -0.4 is 5.32 Å². The van der Waals surface area contributed by atoms with E-state index in [4.69, 9.17) is 27.9 Å². The molecule has 7 heteroatoms. The van der Waals surface area contributed by atoms with Crippen molar-refractivity contribution in [2.45, 2.75) is 19.4 Å². The number of carbonyl (C=O) groups is 1. The molecule has 1 amide bonds. The summed E-state index contributed by atoms with van der Waals surface area (Å²) in [6, 6.07) is 4.79. The largest absolute Gasteiger partial charge is 0.436 e. The molecule has 1 heterocycles. The lowest BCUT2D eigenvalue weighted by Crippen LogP contribution is -2.36. The van der Waals surface area contributed by atoms with E-state index < -0.39 is 11.7 Å². The van der Waals surface area contributed by atoms with Crippen LogP contribution in [0.1, 0.15) is 13.8 Å². The van der Waals surface area contributed by atoms with Crippen LogP contribution in [-0.4, -0.2) is 29.0 Å². The highest BCUT2D eigenvalue weighted by Crippen LogP contribution is 2.26. The lowest BCUT2D eigenvalue weighted by atomic mass is 10.1. The zero-order valence-corrected chi connectivity index (χ0v) is 13.4. The summed E-state index contributed by atoms with van der Waals surface area (Å²) in [5.41, 5.74) is -0.252. The van der Waals surface area contributed by atoms with Crippen LogP contribution in [0.15, 0.2) is 23.2 Å². The van der Waals surface area contributed by atoms with Gasteiger partial charge in [0.05, 0.1) is 0 Å². The van der Waals surface area contributed by atoms with Crippen molar-refractivity contribution in [1.82, 2.24) is 0 Å². The number of aliphatic imine (C=N–C) groups is 1. The van der Waals surface area contributed by atoms with Gasteiger partial charge in [-0.25, -0.2) is 4.79 Å². The van der Waals surface area contributed by atoms with E-state index in [1.54, 1.807) is 30.0 Å². The van der Waals surface area contributed by atoms with Crippen LogP contribution in [-0.2, 0) is 4.74 Å². The molecule has 4 nitrogen and oxygen atoms in total. The Hall–Kier alpha value is -0.910. The molecule has 0 saturated carbocycles. The Bertz CT molecular complexity index is 541. The van der Waals surface area contributed by atoms with E-state index in [-0.39, 0.29) is 0 Å². The van der Waals surface area contributed by atoms with E-state index in [2.05, 4.69) is 10.3 Å². The number of carbonyl (C=O) groups excluding carboxylic acids is 1. The fraction of sp³-hybridized carbons (Fsp3) is 0.385. The molecule has 1 aromatic rings. The second-order valence-corrected chi connectivity index (χ2v) is 6.67. The number of hydrogen-bond donors (Lipinski definition) is 1. The number of halogens is 2. The van der Waals surface area contributed by atoms with Crippen LogP contribution in [0.25, 0.3) is 0 Å². The molecule has 0 radical (unpaired) electrons. The van der Waals surface area contributed by atoms with Crippen LogP contribution in [0.4, 0.5) is 10.5 Å². The molecule has 1 aliphatic heterocycles. The molecule has 20 heavy (non-hydrogen) atoms. The Balaban J connectivity index is 2.01. The van der Waals surface area contributed by atoms with Gasteiger partial charge in [0.15, 0.2) is 5.60 Å². The van der Waals surface area contributed by atoms with Crippen molar-refractivity contribution in [3.63, 3.8) is 0 Å². The zero-order valence-electron chi connectivity index (χ0n) is 11.1. The van der Waals surface area contributed by atoms with Gasteiger partial charge < -0.3 is 4.74 Å². The van der Waals surface area contributed by atoms with Crippen molar-refractivity contribution in [3.05, 3.63) is 28.2 Å². The monoisotopic (exact) mass is 332 g/mol. The topological polar surface area (TPSA) is 50.7 Å². The first-order chi connectivity index (χ1) is 9.37. The lowest BCUT2D eigenvalue weighted by molar-refractivity contribution is 0.0987. The number of benzene rings is 1. The fourth-order valence-electron chi connectivity index (χ4n) is 1.74. The SMILES string of the molecule is CC(C)(OC(=O)Nc1cc(Cl)cc(Cl)c1)C1=NCCS1. The Morgan fingerprint density at radius 1 is 1.35 bits per heavy atom. The van der Waals surface area contributed by atoms with E-state index in [9.17, 15) is 4.79 Å². The Labute approximate surface area is 131 Å². The first-order valence-electron chi connectivity index (χ1n) is 6.01. The van der Waals surface area contributed by atoms with Crippen LogP contribution in [0.3, 0.4) is 0 Å². The van der Waals surface area contributed by atoms with E-state index in [0.29, 0.717) is 15.7 Å². The van der Waals surface area contributed by atoms with Crippen molar-refractivity contribution >= 4 is 51.8 Å². The third kappa shape index (κ3) is 4.04. The molecular formula is C13H14Cl2N2O2S. The van der Waals surface area contributed by atoms with Crippen LogP contribution in [0, 0.1) is 0 Å². The fourth-order valence-corrected chi connectivity index (χ4v) is 3.22. The number of hydrogen-bond acceptors (Lipinski definition) is 4. The van der Waals surface area contributed by atoms with Gasteiger partial charge in [-0.15, -0.1) is 11.8 Å². The molecule has 108 valence electrons. The average molecular weight is 333 g/mol. The number of ether oxygens (including phenoxy) is 1. The van der Waals surface area contributed by atoms with Crippen LogP contribution in [0.5, 0.6) is 0 Å². The molecule has 0 fully saturated rings. The van der Waals surface area contributed by atoms with Crippen molar-refractivity contribution in [2.24, 2.45) is 4.99 Å². The third-order valence-corrected chi connectivity index (χ3v) is 4.27. The summed E-state index contributed by atoms with van der Waals surface area (Å²) in [7, 11) is 0. The maximum absolute atomic E-state index is 11.9. The molecule has 0 unspecified atom stereocenters. The molecule has 1 aliphatic rings. The number of nitrogens with one attached hydrogen (secondary N) is 1. The first kappa shape index (κ1) is 15.5. The lowest BCUT2D eigenvalue weighted by Gasteiger charge is -2.24. The van der Waals surface area contributed by atoms with Gasteiger partial charge in [0, 0.05) is 28.0 Å². The van der Waals surface area contributed by atoms with Crippen molar-refractivity contribution in [1.29, 1.82) is 0 Å². The van der Waals surface area contributed by atoms with Gasteiger partial charge in [0.2, 0.25) is 0 Å². The van der Waals surface area contributed by atoms with Gasteiger partial charge in [-0.1, -0.05) is 23.2 Å². The highest BCUT2D eigenvalue weighted by Gasteiger charge is 2.31. The zero-order chi connectivity index (χ0) is 14.8. The summed E-state index contributed by atoms with van der Waals surface area (Å²) >= 11 is 13.3. The maximum atomic E-state index is 11.9. The van der Waals surface area contributed by atoms with E-state index in [1.165, 1.54) is 0 Å². The second kappa shape index (κ2) is 6.24. The number of nitrogens with zero attached hydrogens (tertiary/aromatic N) is 1. The third-order valence-electron chi connectivity index (χ3n) is 2.56. The van der Waals surface area contributed by atoms with Crippen LogP contribution in [0.2, 0.25) is 10.0 Å². The molecular weight excluding hydrogens is 319 g/mol. The molecule has 0 spiro atoms. The molecule has 2 rings (SSSR count). The highest BCUT2D eigenvalue weighted by molar-refractivity contribution is 8.14. The molecule has 1 N–H and O–H groups in total. The number of amides is 1. The normalized spacial score (nSPS) is 14.9. The van der Waals surface area contributed by atoms with Gasteiger partial charge in [-0.3, -0.25) is 10.3 Å². The number of anilines is 1. The predicted molar refractivity (Wildman–Crippen MR) is 85.4 cm³/mol. The number of thioether (sulfide) groups is 1. The molecule has 0 saturated heterocycles. The van der Waals surface area contributed by atoms with E-state index >= 15 is 0 Å². The molecule has 0 aromatic heterocycles. The summed E-state index contributed by atoms with van der Waals surface area (Å²) in [6.07, 6.45) is -0.566. The van der Waals surface area contributed by atoms with Crippen molar-refractivity contribution < 1.29 is 9.53 Å². The minimum absolute atomic E-state index is 0.447. The molecule has 1 aromatic carbocycles. The summed E-state index contributed by atoms with van der Waals surface area (Å²) in [5, 5.41) is 4.33. The van der Waals surface area contributed by atoms with Gasteiger partial charge in [-0.2, -0.15) is 0 Å². The quantitative estimate of drug-likeness (QED) is 0.888. The minimum Gasteiger partial charge on any atom is -0.436 e. The van der Waals surface area contributed by atoms with E-state index in [0.717, 1.165) is 17.3 Å². The van der Waals surface area contributed by atoms with Gasteiger partial charge in [0.25, 0.3) is 0 Å². The minimum atomic E-state index is -0.742. The summed E-state index contributed by atoms with van der Waals surface area (Å²) in [6.45, 7) is 4.39. The van der Waals surface area contributed by atoms with Crippen molar-refractivity contribution in [3.8, 4) is 0 Å². The molecule has 0 bridgehead atoms. The van der Waals surface area contributed by atoms with Gasteiger partial charge in [0.1, 0.15) is 5.04 Å². The predicted octanol–water partition coefficient (Wildman–Crippen LogP) is 4.47. The van der Waals surface area contributed by atoms with Crippen molar-refractivity contribution in [2.75, 3.05) is 17.6 Å². The molecule has 0 atom stereocenters. The van der Waals surface area contributed by atoms with E-state index in [1.807, 2.05) is 13.8 Å². The standard InChI is InChI=1S/C13H14Cl2N2O2S/c1-13(2,11-16-3-4-20-11)19-12(18)17-10-6-8(14)5-9(15)7-10/h5-7H,3-4H2,1-2H3,(H,17,18). The second-order valence-electron chi connectivity index (χ2n) is 4.72. The summed E-state index contributed by atoms with van der Waals surface area (Å²) < 4.78 is 5.42. The Kier molecular flexibility index (Phi) is 4.83. The average Bonchev–Trinajstić information content (AvgIpc) is 2.79.